The van der Waals surface area contributed by atoms with Crippen LogP contribution in [0.2, 0.25) is 0 Å². The molecule has 0 atom stereocenters. The molecule has 0 aliphatic rings. The van der Waals surface area contributed by atoms with Crippen LogP contribution in [-0.2, 0) is 0 Å². The predicted octanol–water partition coefficient (Wildman–Crippen LogP) is 1.12. The van der Waals surface area contributed by atoms with Gasteiger partial charge in [0.25, 0.3) is 0 Å². The minimum Gasteiger partial charge on any atom is -0.508 e. The molecule has 0 bridgehead atoms. The summed E-state index contributed by atoms with van der Waals surface area (Å²) in [5.74, 6) is 0.514. The first-order chi connectivity index (χ1) is 6.75. The predicted molar refractivity (Wildman–Crippen MR) is 62.4 cm³/mol. The van der Waals surface area contributed by atoms with Crippen LogP contribution < -0.4 is 0 Å². The molecule has 6 N–H and O–H groups in total. The standard InChI is InChI=1S/C12H10O2.2H2O/c13-11-5-1-9(2-6-11)10-3-7-12(14)8-4-10;;/h1-8,13-14H;2*1H2. The highest BCUT2D eigenvalue weighted by Gasteiger charge is 1.96. The van der Waals surface area contributed by atoms with Gasteiger partial charge in [0.2, 0.25) is 0 Å². The van der Waals surface area contributed by atoms with E-state index in [1.165, 1.54) is 0 Å². The SMILES string of the molecule is O.O.Oc1ccc(-c2ccc(O)cc2)cc1. The van der Waals surface area contributed by atoms with E-state index >= 15 is 0 Å². The van der Waals surface area contributed by atoms with Crippen LogP contribution in [0.25, 0.3) is 11.1 Å². The number of phenolic OH excluding ortho intramolecular Hbond substituents is 2. The van der Waals surface area contributed by atoms with Crippen LogP contribution >= 0.6 is 0 Å². The van der Waals surface area contributed by atoms with Gasteiger partial charge in [-0.15, -0.1) is 0 Å². The number of aromatic hydroxyl groups is 2. The van der Waals surface area contributed by atoms with Gasteiger partial charge in [-0.3, -0.25) is 0 Å². The van der Waals surface area contributed by atoms with Crippen LogP contribution in [0.3, 0.4) is 0 Å². The monoisotopic (exact) mass is 222 g/mol. The van der Waals surface area contributed by atoms with Crippen molar-refractivity contribution in [3.8, 4) is 22.6 Å². The Bertz CT molecular complexity index is 376. The third-order valence-corrected chi connectivity index (χ3v) is 2.07. The van der Waals surface area contributed by atoms with E-state index in [-0.39, 0.29) is 22.5 Å². The van der Waals surface area contributed by atoms with Gasteiger partial charge in [-0.25, -0.2) is 0 Å². The number of hydrogen-bond acceptors (Lipinski definition) is 2. The van der Waals surface area contributed by atoms with Gasteiger partial charge in [0.15, 0.2) is 0 Å². The Labute approximate surface area is 93.0 Å². The van der Waals surface area contributed by atoms with Crippen molar-refractivity contribution >= 4 is 0 Å². The number of phenols is 2. The molecular weight excluding hydrogens is 208 g/mol. The molecule has 0 spiro atoms. The fourth-order valence-corrected chi connectivity index (χ4v) is 1.31. The molecule has 4 heteroatoms. The van der Waals surface area contributed by atoms with Gasteiger partial charge in [-0.2, -0.15) is 0 Å². The molecule has 0 saturated carbocycles. The Hall–Kier alpha value is -2.04. The second kappa shape index (κ2) is 5.75. The molecule has 0 fully saturated rings. The van der Waals surface area contributed by atoms with E-state index in [9.17, 15) is 0 Å². The highest BCUT2D eigenvalue weighted by Crippen LogP contribution is 2.23. The normalized spacial score (nSPS) is 8.75. The van der Waals surface area contributed by atoms with Crippen LogP contribution in [-0.4, -0.2) is 21.2 Å². The summed E-state index contributed by atoms with van der Waals surface area (Å²) in [4.78, 5) is 0. The number of hydrogen-bond donors (Lipinski definition) is 2. The molecule has 2 rings (SSSR count). The van der Waals surface area contributed by atoms with Crippen LogP contribution in [0.1, 0.15) is 0 Å². The van der Waals surface area contributed by atoms with Crippen LogP contribution in [0.4, 0.5) is 0 Å². The summed E-state index contributed by atoms with van der Waals surface area (Å²) in [5.41, 5.74) is 2.03. The number of rotatable bonds is 1. The van der Waals surface area contributed by atoms with Crippen molar-refractivity contribution in [3.05, 3.63) is 48.5 Å². The second-order valence-electron chi connectivity index (χ2n) is 3.09. The average Bonchev–Trinajstić information content (AvgIpc) is 2.21. The van der Waals surface area contributed by atoms with Gasteiger partial charge in [-0.1, -0.05) is 24.3 Å². The molecule has 0 aliphatic carbocycles. The van der Waals surface area contributed by atoms with Gasteiger partial charge in [0, 0.05) is 0 Å². The highest BCUT2D eigenvalue weighted by molar-refractivity contribution is 5.64. The Balaban J connectivity index is 0.00000112. The molecule has 4 nitrogen and oxygen atoms in total. The summed E-state index contributed by atoms with van der Waals surface area (Å²) in [6.45, 7) is 0. The van der Waals surface area contributed by atoms with E-state index in [4.69, 9.17) is 10.2 Å². The van der Waals surface area contributed by atoms with Gasteiger partial charge < -0.3 is 21.2 Å². The first kappa shape index (κ1) is 14.0. The van der Waals surface area contributed by atoms with Crippen molar-refractivity contribution in [2.24, 2.45) is 0 Å². The van der Waals surface area contributed by atoms with E-state index in [0.29, 0.717) is 0 Å². The molecular formula is C12H14O4. The molecule has 0 heterocycles. The quantitative estimate of drug-likeness (QED) is 0.754. The smallest absolute Gasteiger partial charge is 0.115 e. The van der Waals surface area contributed by atoms with E-state index in [1.54, 1.807) is 24.3 Å². The van der Waals surface area contributed by atoms with Crippen LogP contribution in [0, 0.1) is 0 Å². The fourth-order valence-electron chi connectivity index (χ4n) is 1.31. The molecule has 0 aliphatic heterocycles. The summed E-state index contributed by atoms with van der Waals surface area (Å²) in [6, 6.07) is 13.9. The first-order valence-electron chi connectivity index (χ1n) is 4.34. The fraction of sp³-hybridized carbons (Fsp3) is 0. The maximum Gasteiger partial charge on any atom is 0.115 e. The van der Waals surface area contributed by atoms with Crippen LogP contribution in [0.5, 0.6) is 11.5 Å². The van der Waals surface area contributed by atoms with Crippen molar-refractivity contribution in [1.82, 2.24) is 0 Å². The Kier molecular flexibility index (Phi) is 5.01. The zero-order valence-electron chi connectivity index (χ0n) is 8.51. The summed E-state index contributed by atoms with van der Waals surface area (Å²) < 4.78 is 0. The third kappa shape index (κ3) is 2.98. The van der Waals surface area contributed by atoms with Crippen molar-refractivity contribution < 1.29 is 21.2 Å². The van der Waals surface area contributed by atoms with E-state index in [0.717, 1.165) is 11.1 Å². The zero-order chi connectivity index (χ0) is 9.97. The summed E-state index contributed by atoms with van der Waals surface area (Å²) >= 11 is 0. The lowest BCUT2D eigenvalue weighted by Crippen LogP contribution is -1.75. The van der Waals surface area contributed by atoms with Gasteiger partial charge >= 0.3 is 0 Å². The molecule has 2 aromatic rings. The molecule has 16 heavy (non-hydrogen) atoms. The van der Waals surface area contributed by atoms with Crippen molar-refractivity contribution in [1.29, 1.82) is 0 Å². The molecule has 0 saturated heterocycles. The van der Waals surface area contributed by atoms with Crippen molar-refractivity contribution in [3.63, 3.8) is 0 Å². The van der Waals surface area contributed by atoms with Crippen molar-refractivity contribution in [2.75, 3.05) is 0 Å². The molecule has 2 aromatic carbocycles. The Morgan fingerprint density at radius 2 is 0.750 bits per heavy atom. The average molecular weight is 222 g/mol. The van der Waals surface area contributed by atoms with E-state index in [1.807, 2.05) is 24.3 Å². The topological polar surface area (TPSA) is 103 Å². The summed E-state index contributed by atoms with van der Waals surface area (Å²) in [5, 5.41) is 18.2. The first-order valence-corrected chi connectivity index (χ1v) is 4.34. The lowest BCUT2D eigenvalue weighted by molar-refractivity contribution is 0.474. The zero-order valence-corrected chi connectivity index (χ0v) is 8.51. The molecule has 86 valence electrons. The highest BCUT2D eigenvalue weighted by atomic mass is 16.3. The molecule has 0 radical (unpaired) electrons. The molecule has 0 unspecified atom stereocenters. The van der Waals surface area contributed by atoms with E-state index < -0.39 is 0 Å². The third-order valence-electron chi connectivity index (χ3n) is 2.07. The van der Waals surface area contributed by atoms with Gasteiger partial charge in [0.05, 0.1) is 0 Å². The molecule has 0 aromatic heterocycles. The maximum atomic E-state index is 9.11. The summed E-state index contributed by atoms with van der Waals surface area (Å²) in [6.07, 6.45) is 0. The molecule has 0 amide bonds. The summed E-state index contributed by atoms with van der Waals surface area (Å²) in [7, 11) is 0. The largest absolute Gasteiger partial charge is 0.508 e. The minimum atomic E-state index is 0. The maximum absolute atomic E-state index is 9.11. The van der Waals surface area contributed by atoms with Crippen LogP contribution in [0.15, 0.2) is 48.5 Å². The van der Waals surface area contributed by atoms with Gasteiger partial charge in [0.1, 0.15) is 11.5 Å². The lowest BCUT2D eigenvalue weighted by Gasteiger charge is -2.01. The Morgan fingerprint density at radius 3 is 1.00 bits per heavy atom. The second-order valence-corrected chi connectivity index (χ2v) is 3.09. The lowest BCUT2D eigenvalue weighted by atomic mass is 10.1. The Morgan fingerprint density at radius 1 is 0.500 bits per heavy atom. The van der Waals surface area contributed by atoms with Gasteiger partial charge in [-0.05, 0) is 35.4 Å². The van der Waals surface area contributed by atoms with E-state index in [2.05, 4.69) is 0 Å². The minimum absolute atomic E-state index is 0. The number of benzene rings is 2. The van der Waals surface area contributed by atoms with Crippen molar-refractivity contribution in [2.45, 2.75) is 0 Å².